The van der Waals surface area contributed by atoms with Crippen molar-refractivity contribution in [3.05, 3.63) is 11.9 Å². The van der Waals surface area contributed by atoms with Gasteiger partial charge >= 0.3 is 0 Å². The maximum Gasteiger partial charge on any atom is 0.148 e. The SMILES string of the molecule is CCCc1c(NN)ncnc1NCCCCOC(C)C. The van der Waals surface area contributed by atoms with Crippen molar-refractivity contribution in [1.29, 1.82) is 0 Å². The molecule has 0 atom stereocenters. The number of nitrogens with one attached hydrogen (secondary N) is 2. The molecule has 20 heavy (non-hydrogen) atoms. The predicted molar refractivity (Wildman–Crippen MR) is 82.6 cm³/mol. The molecule has 4 N–H and O–H groups in total. The smallest absolute Gasteiger partial charge is 0.148 e. The molecule has 0 saturated heterocycles. The second-order valence-corrected chi connectivity index (χ2v) is 5.00. The van der Waals surface area contributed by atoms with E-state index in [0.29, 0.717) is 11.9 Å². The Labute approximate surface area is 121 Å². The first-order valence-electron chi connectivity index (χ1n) is 7.35. The van der Waals surface area contributed by atoms with Crippen LogP contribution in [0.15, 0.2) is 6.33 Å². The Hall–Kier alpha value is -1.40. The second kappa shape index (κ2) is 9.50. The Bertz CT molecular complexity index is 384. The number of nitrogen functional groups attached to an aromatic ring is 1. The molecule has 0 fully saturated rings. The molecule has 0 bridgehead atoms. The van der Waals surface area contributed by atoms with Gasteiger partial charge in [-0.2, -0.15) is 0 Å². The minimum Gasteiger partial charge on any atom is -0.379 e. The lowest BCUT2D eigenvalue weighted by molar-refractivity contribution is 0.0765. The summed E-state index contributed by atoms with van der Waals surface area (Å²) in [7, 11) is 0. The van der Waals surface area contributed by atoms with Gasteiger partial charge in [0.25, 0.3) is 0 Å². The lowest BCUT2D eigenvalue weighted by Gasteiger charge is -2.13. The lowest BCUT2D eigenvalue weighted by atomic mass is 10.1. The van der Waals surface area contributed by atoms with E-state index < -0.39 is 0 Å². The molecule has 0 radical (unpaired) electrons. The monoisotopic (exact) mass is 281 g/mol. The van der Waals surface area contributed by atoms with E-state index in [4.69, 9.17) is 10.6 Å². The van der Waals surface area contributed by atoms with Crippen molar-refractivity contribution >= 4 is 11.6 Å². The van der Waals surface area contributed by atoms with Gasteiger partial charge in [0.2, 0.25) is 0 Å². The normalized spacial score (nSPS) is 10.8. The van der Waals surface area contributed by atoms with Crippen LogP contribution < -0.4 is 16.6 Å². The molecule has 0 amide bonds. The average molecular weight is 281 g/mol. The lowest BCUT2D eigenvalue weighted by Crippen LogP contribution is -2.15. The first kappa shape index (κ1) is 16.7. The Morgan fingerprint density at radius 1 is 1.25 bits per heavy atom. The van der Waals surface area contributed by atoms with Gasteiger partial charge in [-0.1, -0.05) is 13.3 Å². The highest BCUT2D eigenvalue weighted by molar-refractivity contribution is 5.56. The van der Waals surface area contributed by atoms with E-state index in [1.165, 1.54) is 6.33 Å². The molecule has 1 rings (SSSR count). The number of nitrogens with zero attached hydrogens (tertiary/aromatic N) is 2. The molecule has 0 aliphatic carbocycles. The van der Waals surface area contributed by atoms with Crippen molar-refractivity contribution in [3.8, 4) is 0 Å². The number of anilines is 2. The summed E-state index contributed by atoms with van der Waals surface area (Å²) in [6.07, 6.45) is 5.85. The van der Waals surface area contributed by atoms with Crippen molar-refractivity contribution in [2.75, 3.05) is 23.9 Å². The Morgan fingerprint density at radius 2 is 2.00 bits per heavy atom. The van der Waals surface area contributed by atoms with Crippen LogP contribution in [0.3, 0.4) is 0 Å². The summed E-state index contributed by atoms with van der Waals surface area (Å²) < 4.78 is 5.51. The fourth-order valence-corrected chi connectivity index (χ4v) is 1.93. The van der Waals surface area contributed by atoms with Gasteiger partial charge in [0.15, 0.2) is 0 Å². The summed E-state index contributed by atoms with van der Waals surface area (Å²) in [4.78, 5) is 8.45. The third-order valence-corrected chi connectivity index (χ3v) is 2.90. The highest BCUT2D eigenvalue weighted by Crippen LogP contribution is 2.20. The fourth-order valence-electron chi connectivity index (χ4n) is 1.93. The van der Waals surface area contributed by atoms with Crippen molar-refractivity contribution in [3.63, 3.8) is 0 Å². The van der Waals surface area contributed by atoms with E-state index in [1.807, 2.05) is 0 Å². The van der Waals surface area contributed by atoms with Gasteiger partial charge in [0.05, 0.1) is 6.10 Å². The molecule has 1 heterocycles. The molecule has 0 aliphatic rings. The quantitative estimate of drug-likeness (QED) is 0.347. The van der Waals surface area contributed by atoms with Gasteiger partial charge in [-0.25, -0.2) is 15.8 Å². The summed E-state index contributed by atoms with van der Waals surface area (Å²) in [6.45, 7) is 7.91. The minimum atomic E-state index is 0.305. The van der Waals surface area contributed by atoms with E-state index in [1.54, 1.807) is 0 Å². The summed E-state index contributed by atoms with van der Waals surface area (Å²) in [6, 6.07) is 0. The fraction of sp³-hybridized carbons (Fsp3) is 0.714. The number of nitrogens with two attached hydrogens (primary N) is 1. The molecule has 0 saturated carbocycles. The van der Waals surface area contributed by atoms with Gasteiger partial charge in [-0.05, 0) is 33.1 Å². The van der Waals surface area contributed by atoms with Crippen LogP contribution in [-0.4, -0.2) is 29.2 Å². The number of rotatable bonds is 10. The van der Waals surface area contributed by atoms with Crippen molar-refractivity contribution in [2.45, 2.75) is 52.6 Å². The molecular formula is C14H27N5O. The van der Waals surface area contributed by atoms with Crippen LogP contribution >= 0.6 is 0 Å². The van der Waals surface area contributed by atoms with Crippen LogP contribution in [0.4, 0.5) is 11.6 Å². The van der Waals surface area contributed by atoms with E-state index in [0.717, 1.165) is 50.2 Å². The third-order valence-electron chi connectivity index (χ3n) is 2.90. The summed E-state index contributed by atoms with van der Waals surface area (Å²) in [5.41, 5.74) is 3.68. The molecule has 0 unspecified atom stereocenters. The summed E-state index contributed by atoms with van der Waals surface area (Å²) in [5, 5.41) is 3.36. The van der Waals surface area contributed by atoms with Crippen LogP contribution in [0.2, 0.25) is 0 Å². The van der Waals surface area contributed by atoms with Crippen molar-refractivity contribution < 1.29 is 4.74 Å². The largest absolute Gasteiger partial charge is 0.379 e. The zero-order valence-electron chi connectivity index (χ0n) is 12.8. The zero-order valence-corrected chi connectivity index (χ0v) is 12.8. The van der Waals surface area contributed by atoms with Gasteiger partial charge in [-0.15, -0.1) is 0 Å². The molecule has 0 aromatic carbocycles. The highest BCUT2D eigenvalue weighted by Gasteiger charge is 2.09. The molecule has 0 aliphatic heterocycles. The highest BCUT2D eigenvalue weighted by atomic mass is 16.5. The number of ether oxygens (including phenoxy) is 1. The van der Waals surface area contributed by atoms with Gasteiger partial charge in [-0.3, -0.25) is 0 Å². The van der Waals surface area contributed by atoms with Gasteiger partial charge in [0, 0.05) is 18.7 Å². The number of hydrazine groups is 1. The van der Waals surface area contributed by atoms with Crippen LogP contribution in [-0.2, 0) is 11.2 Å². The molecular weight excluding hydrogens is 254 g/mol. The van der Waals surface area contributed by atoms with Crippen LogP contribution in [0.25, 0.3) is 0 Å². The first-order valence-corrected chi connectivity index (χ1v) is 7.35. The van der Waals surface area contributed by atoms with Crippen molar-refractivity contribution in [2.24, 2.45) is 5.84 Å². The predicted octanol–water partition coefficient (Wildman–Crippen LogP) is 2.33. The van der Waals surface area contributed by atoms with Crippen LogP contribution in [0.5, 0.6) is 0 Å². The molecule has 1 aromatic rings. The molecule has 6 heteroatoms. The third kappa shape index (κ3) is 5.71. The first-order chi connectivity index (χ1) is 9.69. The standard InChI is InChI=1S/C14H27N5O/c1-4-7-12-13(17-10-18-14(12)19-15)16-8-5-6-9-20-11(2)3/h10-11H,4-9,15H2,1-3H3,(H2,16,17,18,19). The number of unbranched alkanes of at least 4 members (excludes halogenated alkanes) is 1. The Morgan fingerprint density at radius 3 is 2.65 bits per heavy atom. The van der Waals surface area contributed by atoms with E-state index in [2.05, 4.69) is 41.5 Å². The average Bonchev–Trinajstić information content (AvgIpc) is 2.44. The Kier molecular flexibility index (Phi) is 7.91. The topological polar surface area (TPSA) is 85.1 Å². The number of hydrogen-bond donors (Lipinski definition) is 3. The molecule has 114 valence electrons. The number of aromatic nitrogens is 2. The maximum atomic E-state index is 5.51. The minimum absolute atomic E-state index is 0.305. The van der Waals surface area contributed by atoms with E-state index >= 15 is 0 Å². The second-order valence-electron chi connectivity index (χ2n) is 5.00. The molecule has 6 nitrogen and oxygen atoms in total. The van der Waals surface area contributed by atoms with Crippen LogP contribution in [0.1, 0.15) is 45.6 Å². The van der Waals surface area contributed by atoms with Crippen molar-refractivity contribution in [1.82, 2.24) is 9.97 Å². The molecule has 1 aromatic heterocycles. The van der Waals surface area contributed by atoms with Gasteiger partial charge < -0.3 is 15.5 Å². The number of hydrogen-bond acceptors (Lipinski definition) is 6. The Balaban J connectivity index is 2.42. The zero-order chi connectivity index (χ0) is 14.8. The summed E-state index contributed by atoms with van der Waals surface area (Å²) in [5.74, 6) is 7.06. The van der Waals surface area contributed by atoms with Crippen LogP contribution in [0, 0.1) is 0 Å². The van der Waals surface area contributed by atoms with E-state index in [9.17, 15) is 0 Å². The van der Waals surface area contributed by atoms with E-state index in [-0.39, 0.29) is 0 Å². The maximum absolute atomic E-state index is 5.51. The molecule has 0 spiro atoms. The van der Waals surface area contributed by atoms with Gasteiger partial charge in [0.1, 0.15) is 18.0 Å². The summed E-state index contributed by atoms with van der Waals surface area (Å²) >= 11 is 0.